The van der Waals surface area contributed by atoms with Gasteiger partial charge in [0.05, 0.1) is 46.1 Å². The van der Waals surface area contributed by atoms with Crippen molar-refractivity contribution in [3.05, 3.63) is 35.7 Å². The number of aryl methyl sites for hydroxylation is 2. The van der Waals surface area contributed by atoms with Gasteiger partial charge in [-0.15, -0.1) is 0 Å². The van der Waals surface area contributed by atoms with Gasteiger partial charge >= 0.3 is 0 Å². The third-order valence-corrected chi connectivity index (χ3v) is 5.35. The quantitative estimate of drug-likeness (QED) is 0.579. The first kappa shape index (κ1) is 20.9. The molecule has 0 aliphatic heterocycles. The molecule has 0 unspecified atom stereocenters. The fraction of sp³-hybridized carbons (Fsp3) is 0.455. The summed E-state index contributed by atoms with van der Waals surface area (Å²) in [6, 6.07) is 7.96. The zero-order chi connectivity index (χ0) is 21.0. The van der Waals surface area contributed by atoms with Gasteiger partial charge in [0.1, 0.15) is 5.82 Å². The second kappa shape index (κ2) is 9.13. The number of quaternary nitrogens is 1. The van der Waals surface area contributed by atoms with Gasteiger partial charge in [-0.25, -0.2) is 4.98 Å². The third kappa shape index (κ3) is 4.29. The van der Waals surface area contributed by atoms with Gasteiger partial charge in [-0.1, -0.05) is 6.07 Å². The molecule has 7 heteroatoms. The Bertz CT molecular complexity index is 979. The minimum absolute atomic E-state index is 0.692. The number of hydrogen-bond acceptors (Lipinski definition) is 5. The van der Waals surface area contributed by atoms with Crippen molar-refractivity contribution < 1.29 is 14.4 Å². The van der Waals surface area contributed by atoms with Gasteiger partial charge in [-0.05, 0) is 45.4 Å². The van der Waals surface area contributed by atoms with E-state index in [2.05, 4.69) is 25.2 Å². The lowest BCUT2D eigenvalue weighted by Gasteiger charge is -2.16. The molecule has 0 amide bonds. The molecule has 0 saturated heterocycles. The summed E-state index contributed by atoms with van der Waals surface area (Å²) in [4.78, 5) is 6.36. The summed E-state index contributed by atoms with van der Waals surface area (Å²) in [7, 11) is 3.29. The van der Waals surface area contributed by atoms with Crippen molar-refractivity contribution >= 4 is 11.5 Å². The molecule has 3 aromatic rings. The Balaban J connectivity index is 2.00. The number of methoxy groups -OCH3 is 2. The van der Waals surface area contributed by atoms with Crippen LogP contribution in [0.2, 0.25) is 0 Å². The van der Waals surface area contributed by atoms with Crippen LogP contribution in [0.4, 0.5) is 5.82 Å². The van der Waals surface area contributed by atoms with Crippen molar-refractivity contribution in [1.82, 2.24) is 14.6 Å². The van der Waals surface area contributed by atoms with E-state index in [-0.39, 0.29) is 0 Å². The topological polar surface area (TPSA) is 65.1 Å². The molecule has 0 radical (unpaired) electrons. The first-order valence-corrected chi connectivity index (χ1v) is 10.2. The second-order valence-electron chi connectivity index (χ2n) is 7.18. The lowest BCUT2D eigenvalue weighted by atomic mass is 10.1. The third-order valence-electron chi connectivity index (χ3n) is 5.35. The van der Waals surface area contributed by atoms with E-state index in [1.54, 1.807) is 19.1 Å². The molecular weight excluding hydrogens is 366 g/mol. The number of hydrogen-bond donors (Lipinski definition) is 2. The van der Waals surface area contributed by atoms with Crippen molar-refractivity contribution in [2.24, 2.45) is 0 Å². The summed E-state index contributed by atoms with van der Waals surface area (Å²) >= 11 is 0. The number of likely N-dealkylation sites (N-methyl/N-ethyl adjacent to an activating group) is 1. The minimum atomic E-state index is 0.692. The Hall–Kier alpha value is -2.80. The average Bonchev–Trinajstić information content (AvgIpc) is 3.06. The molecule has 0 bridgehead atoms. The van der Waals surface area contributed by atoms with Gasteiger partial charge in [0.2, 0.25) is 0 Å². The maximum absolute atomic E-state index is 5.48. The zero-order valence-electron chi connectivity index (χ0n) is 18.3. The predicted octanol–water partition coefficient (Wildman–Crippen LogP) is 2.37. The smallest absolute Gasteiger partial charge is 0.165 e. The summed E-state index contributed by atoms with van der Waals surface area (Å²) in [6.45, 7) is 12.7. The molecule has 0 aliphatic rings. The summed E-state index contributed by atoms with van der Waals surface area (Å²) in [5.74, 6) is 2.36. The molecule has 29 heavy (non-hydrogen) atoms. The first-order valence-electron chi connectivity index (χ1n) is 10.2. The number of nitrogens with zero attached hydrogens (tertiary/aromatic N) is 3. The van der Waals surface area contributed by atoms with E-state index in [4.69, 9.17) is 19.6 Å². The number of anilines is 1. The molecule has 2 aromatic heterocycles. The molecule has 0 aliphatic carbocycles. The molecule has 7 nitrogen and oxygen atoms in total. The largest absolute Gasteiger partial charge is 0.493 e. The predicted molar refractivity (Wildman–Crippen MR) is 116 cm³/mol. The van der Waals surface area contributed by atoms with Crippen LogP contribution in [0.3, 0.4) is 0 Å². The van der Waals surface area contributed by atoms with Crippen LogP contribution in [0.15, 0.2) is 24.3 Å². The van der Waals surface area contributed by atoms with Crippen LogP contribution in [0.1, 0.15) is 25.2 Å². The SMILES string of the molecule is CC[NH+](CC)CCNc1cc(C)nc2c(-c3ccc(OC)c(OC)c3)c(C)nn12. The summed E-state index contributed by atoms with van der Waals surface area (Å²) < 4.78 is 12.8. The summed E-state index contributed by atoms with van der Waals surface area (Å²) in [6.07, 6.45) is 0. The molecule has 2 heterocycles. The lowest BCUT2D eigenvalue weighted by molar-refractivity contribution is -0.894. The van der Waals surface area contributed by atoms with Crippen LogP contribution in [-0.2, 0) is 0 Å². The molecule has 1 aromatic carbocycles. The minimum Gasteiger partial charge on any atom is -0.493 e. The number of fused-ring (bicyclic) bond motifs is 1. The zero-order valence-corrected chi connectivity index (χ0v) is 18.3. The van der Waals surface area contributed by atoms with Crippen molar-refractivity contribution in [3.8, 4) is 22.6 Å². The summed E-state index contributed by atoms with van der Waals surface area (Å²) in [5, 5.41) is 8.33. The Labute approximate surface area is 172 Å². The molecule has 156 valence electrons. The highest BCUT2D eigenvalue weighted by molar-refractivity contribution is 5.82. The highest BCUT2D eigenvalue weighted by atomic mass is 16.5. The molecule has 0 saturated carbocycles. The van der Waals surface area contributed by atoms with E-state index in [0.29, 0.717) is 11.5 Å². The van der Waals surface area contributed by atoms with Crippen molar-refractivity contribution in [1.29, 1.82) is 0 Å². The van der Waals surface area contributed by atoms with Gasteiger partial charge < -0.3 is 19.7 Å². The van der Waals surface area contributed by atoms with Crippen LogP contribution >= 0.6 is 0 Å². The monoisotopic (exact) mass is 398 g/mol. The molecule has 0 spiro atoms. The number of aromatic nitrogens is 3. The molecule has 0 atom stereocenters. The normalized spacial score (nSPS) is 11.3. The number of nitrogens with one attached hydrogen (secondary N) is 2. The van der Waals surface area contributed by atoms with Gasteiger partial charge in [0.15, 0.2) is 17.1 Å². The first-order chi connectivity index (χ1) is 14.0. The molecule has 3 rings (SSSR count). The standard InChI is InChI=1S/C22H31N5O2/c1-7-26(8-2)12-11-23-20-13-15(3)24-22-21(16(4)25-27(20)22)17-9-10-18(28-5)19(14-17)29-6/h9-10,13-14,23H,7-8,11-12H2,1-6H3/p+1. The molecular formula is C22H32N5O2+. The maximum atomic E-state index is 5.48. The highest BCUT2D eigenvalue weighted by Gasteiger charge is 2.18. The van der Waals surface area contributed by atoms with Gasteiger partial charge in [0, 0.05) is 17.3 Å². The molecule has 2 N–H and O–H groups in total. The Morgan fingerprint density at radius 2 is 1.76 bits per heavy atom. The lowest BCUT2D eigenvalue weighted by Crippen LogP contribution is -3.12. The molecule has 0 fully saturated rings. The highest BCUT2D eigenvalue weighted by Crippen LogP contribution is 2.35. The van der Waals surface area contributed by atoms with E-state index in [0.717, 1.165) is 60.2 Å². The van der Waals surface area contributed by atoms with Crippen molar-refractivity contribution in [2.45, 2.75) is 27.7 Å². The maximum Gasteiger partial charge on any atom is 0.165 e. The Kier molecular flexibility index (Phi) is 6.59. The van der Waals surface area contributed by atoms with E-state index >= 15 is 0 Å². The Morgan fingerprint density at radius 1 is 1.03 bits per heavy atom. The van der Waals surface area contributed by atoms with Crippen molar-refractivity contribution in [3.63, 3.8) is 0 Å². The fourth-order valence-electron chi connectivity index (χ4n) is 3.67. The van der Waals surface area contributed by atoms with E-state index in [1.165, 1.54) is 0 Å². The van der Waals surface area contributed by atoms with Crippen LogP contribution in [-0.4, -0.2) is 55.0 Å². The van der Waals surface area contributed by atoms with Crippen LogP contribution < -0.4 is 19.7 Å². The Morgan fingerprint density at radius 3 is 2.41 bits per heavy atom. The number of ether oxygens (including phenoxy) is 2. The van der Waals surface area contributed by atoms with Crippen LogP contribution in [0.25, 0.3) is 16.8 Å². The van der Waals surface area contributed by atoms with Gasteiger partial charge in [-0.3, -0.25) is 0 Å². The van der Waals surface area contributed by atoms with Gasteiger partial charge in [0.25, 0.3) is 0 Å². The number of rotatable bonds is 9. The van der Waals surface area contributed by atoms with Crippen LogP contribution in [0, 0.1) is 13.8 Å². The fourth-order valence-corrected chi connectivity index (χ4v) is 3.67. The summed E-state index contributed by atoms with van der Waals surface area (Å²) in [5.41, 5.74) is 4.73. The van der Waals surface area contributed by atoms with Crippen molar-refractivity contribution in [2.75, 3.05) is 45.7 Å². The van der Waals surface area contributed by atoms with Crippen LogP contribution in [0.5, 0.6) is 11.5 Å². The number of benzene rings is 1. The van der Waals surface area contributed by atoms with E-state index in [1.807, 2.05) is 36.6 Å². The van der Waals surface area contributed by atoms with E-state index in [9.17, 15) is 0 Å². The van der Waals surface area contributed by atoms with Gasteiger partial charge in [-0.2, -0.15) is 9.61 Å². The second-order valence-corrected chi connectivity index (χ2v) is 7.18. The average molecular weight is 399 g/mol. The van der Waals surface area contributed by atoms with E-state index < -0.39 is 0 Å².